The van der Waals surface area contributed by atoms with Crippen LogP contribution in [0.3, 0.4) is 0 Å². The SMILES string of the molecule is O=C(NC1CCCc2ccccc21)c1cc(N2CCc3ccccc3C2)nc2ccccc12. The number of hydrogen-bond acceptors (Lipinski definition) is 3. The smallest absolute Gasteiger partial charge is 0.252 e. The molecule has 164 valence electrons. The van der Waals surface area contributed by atoms with Crippen LogP contribution in [0.1, 0.15) is 51.5 Å². The van der Waals surface area contributed by atoms with Crippen molar-refractivity contribution in [2.45, 2.75) is 38.3 Å². The van der Waals surface area contributed by atoms with E-state index in [-0.39, 0.29) is 11.9 Å². The van der Waals surface area contributed by atoms with Gasteiger partial charge in [-0.15, -0.1) is 0 Å². The van der Waals surface area contributed by atoms with Crippen molar-refractivity contribution in [3.63, 3.8) is 0 Å². The highest BCUT2D eigenvalue weighted by atomic mass is 16.1. The predicted molar refractivity (Wildman–Crippen MR) is 133 cm³/mol. The first kappa shape index (κ1) is 20.0. The minimum Gasteiger partial charge on any atom is -0.352 e. The minimum absolute atomic E-state index is 0.0195. The number of carbonyl (C=O) groups excluding carboxylic acids is 1. The number of nitrogens with zero attached hydrogens (tertiary/aromatic N) is 2. The molecule has 2 aliphatic rings. The molecule has 0 radical (unpaired) electrons. The summed E-state index contributed by atoms with van der Waals surface area (Å²) in [5, 5.41) is 4.25. The number of carbonyl (C=O) groups is 1. The summed E-state index contributed by atoms with van der Waals surface area (Å²) in [6.07, 6.45) is 4.14. The van der Waals surface area contributed by atoms with Gasteiger partial charge in [0.2, 0.25) is 0 Å². The Morgan fingerprint density at radius 2 is 1.64 bits per heavy atom. The highest BCUT2D eigenvalue weighted by molar-refractivity contribution is 6.07. The maximum Gasteiger partial charge on any atom is 0.252 e. The summed E-state index contributed by atoms with van der Waals surface area (Å²) < 4.78 is 0. The van der Waals surface area contributed by atoms with Gasteiger partial charge in [0.25, 0.3) is 5.91 Å². The lowest BCUT2D eigenvalue weighted by molar-refractivity contribution is 0.0934. The molecule has 4 heteroatoms. The average molecular weight is 434 g/mol. The van der Waals surface area contributed by atoms with Gasteiger partial charge in [0.1, 0.15) is 5.82 Å². The molecule has 0 saturated heterocycles. The molecule has 1 N–H and O–H groups in total. The number of benzene rings is 3. The third kappa shape index (κ3) is 3.76. The number of pyridine rings is 1. The van der Waals surface area contributed by atoms with Crippen molar-refractivity contribution < 1.29 is 4.79 Å². The summed E-state index contributed by atoms with van der Waals surface area (Å²) in [5.74, 6) is 0.853. The third-order valence-electron chi connectivity index (χ3n) is 7.08. The second-order valence-corrected chi connectivity index (χ2v) is 9.10. The number of rotatable bonds is 3. The molecule has 1 unspecified atom stereocenters. The van der Waals surface area contributed by atoms with E-state index >= 15 is 0 Å². The fraction of sp³-hybridized carbons (Fsp3) is 0.241. The molecule has 0 saturated carbocycles. The number of amides is 1. The first-order chi connectivity index (χ1) is 16.3. The van der Waals surface area contributed by atoms with Crippen molar-refractivity contribution in [3.8, 4) is 0 Å². The van der Waals surface area contributed by atoms with Crippen LogP contribution >= 0.6 is 0 Å². The van der Waals surface area contributed by atoms with Crippen molar-refractivity contribution >= 4 is 22.6 Å². The van der Waals surface area contributed by atoms with Crippen molar-refractivity contribution in [2.24, 2.45) is 0 Å². The van der Waals surface area contributed by atoms with Crippen molar-refractivity contribution in [1.82, 2.24) is 10.3 Å². The molecule has 1 aliphatic carbocycles. The normalized spacial score (nSPS) is 17.3. The van der Waals surface area contributed by atoms with E-state index in [4.69, 9.17) is 4.98 Å². The molecule has 4 aromatic rings. The molecular weight excluding hydrogens is 406 g/mol. The summed E-state index contributed by atoms with van der Waals surface area (Å²) in [6.45, 7) is 1.72. The monoisotopic (exact) mass is 433 g/mol. The van der Waals surface area contributed by atoms with Gasteiger partial charge < -0.3 is 10.2 Å². The molecule has 0 bridgehead atoms. The van der Waals surface area contributed by atoms with Crippen molar-refractivity contribution in [2.75, 3.05) is 11.4 Å². The molecule has 1 atom stereocenters. The maximum atomic E-state index is 13.6. The number of hydrogen-bond donors (Lipinski definition) is 1. The standard InChI is InChI=1S/C29H27N3O/c33-29(31-26-15-7-11-21-9-3-4-12-23(21)26)25-18-28(30-27-14-6-5-13-24(25)27)32-17-16-20-8-1-2-10-22(20)19-32/h1-6,8-10,12-14,18,26H,7,11,15-17,19H2,(H,31,33). The zero-order chi connectivity index (χ0) is 22.2. The number of anilines is 1. The number of para-hydroxylation sites is 1. The van der Waals surface area contributed by atoms with Gasteiger partial charge in [-0.25, -0.2) is 4.98 Å². The molecule has 1 aliphatic heterocycles. The Hall–Kier alpha value is -3.66. The van der Waals surface area contributed by atoms with Crippen LogP contribution in [-0.4, -0.2) is 17.4 Å². The van der Waals surface area contributed by atoms with Crippen molar-refractivity contribution in [1.29, 1.82) is 0 Å². The molecule has 0 spiro atoms. The quantitative estimate of drug-likeness (QED) is 0.457. The minimum atomic E-state index is -0.0195. The van der Waals surface area contributed by atoms with Crippen LogP contribution in [0.4, 0.5) is 5.82 Å². The summed E-state index contributed by atoms with van der Waals surface area (Å²) >= 11 is 0. The van der Waals surface area contributed by atoms with E-state index in [1.807, 2.05) is 30.3 Å². The first-order valence-corrected chi connectivity index (χ1v) is 11.9. The van der Waals surface area contributed by atoms with Gasteiger partial charge in [-0.3, -0.25) is 4.79 Å². The lowest BCUT2D eigenvalue weighted by atomic mass is 9.87. The van der Waals surface area contributed by atoms with Crippen LogP contribution in [0.2, 0.25) is 0 Å². The molecule has 1 amide bonds. The van der Waals surface area contributed by atoms with E-state index in [0.717, 1.165) is 55.5 Å². The Balaban J connectivity index is 1.35. The molecule has 2 heterocycles. The average Bonchev–Trinajstić information content (AvgIpc) is 2.88. The Morgan fingerprint density at radius 1 is 0.879 bits per heavy atom. The molecule has 0 fully saturated rings. The summed E-state index contributed by atoms with van der Waals surface area (Å²) in [7, 11) is 0. The first-order valence-electron chi connectivity index (χ1n) is 11.9. The molecule has 33 heavy (non-hydrogen) atoms. The lowest BCUT2D eigenvalue weighted by Crippen LogP contribution is -2.33. The van der Waals surface area contributed by atoms with Gasteiger partial charge in [0.05, 0.1) is 17.1 Å². The number of fused-ring (bicyclic) bond motifs is 3. The second-order valence-electron chi connectivity index (χ2n) is 9.10. The van der Waals surface area contributed by atoms with Gasteiger partial charge in [0.15, 0.2) is 0 Å². The Labute approximate surface area is 194 Å². The van der Waals surface area contributed by atoms with Gasteiger partial charge >= 0.3 is 0 Å². The maximum absolute atomic E-state index is 13.6. The third-order valence-corrected chi connectivity index (χ3v) is 7.08. The van der Waals surface area contributed by atoms with Crippen molar-refractivity contribution in [3.05, 3.63) is 107 Å². The van der Waals surface area contributed by atoms with Crippen LogP contribution in [0.5, 0.6) is 0 Å². The largest absolute Gasteiger partial charge is 0.352 e. The molecule has 3 aromatic carbocycles. The highest BCUT2D eigenvalue weighted by Gasteiger charge is 2.24. The van der Waals surface area contributed by atoms with Gasteiger partial charge in [-0.1, -0.05) is 66.7 Å². The number of aryl methyl sites for hydroxylation is 1. The van der Waals surface area contributed by atoms with E-state index in [2.05, 4.69) is 58.7 Å². The van der Waals surface area contributed by atoms with E-state index < -0.39 is 0 Å². The fourth-order valence-electron chi connectivity index (χ4n) is 5.34. The second kappa shape index (κ2) is 8.36. The lowest BCUT2D eigenvalue weighted by Gasteiger charge is -2.30. The Morgan fingerprint density at radius 3 is 2.55 bits per heavy atom. The zero-order valence-electron chi connectivity index (χ0n) is 18.6. The van der Waals surface area contributed by atoms with E-state index in [1.165, 1.54) is 22.3 Å². The van der Waals surface area contributed by atoms with E-state index in [1.54, 1.807) is 0 Å². The van der Waals surface area contributed by atoms with Crippen LogP contribution in [0.25, 0.3) is 10.9 Å². The van der Waals surface area contributed by atoms with Gasteiger partial charge in [-0.05, 0) is 60.1 Å². The van der Waals surface area contributed by atoms with Crippen LogP contribution in [0.15, 0.2) is 78.9 Å². The van der Waals surface area contributed by atoms with Crippen LogP contribution in [0, 0.1) is 0 Å². The van der Waals surface area contributed by atoms with E-state index in [9.17, 15) is 4.79 Å². The number of aromatic nitrogens is 1. The topological polar surface area (TPSA) is 45.2 Å². The van der Waals surface area contributed by atoms with Crippen LogP contribution < -0.4 is 10.2 Å². The highest BCUT2D eigenvalue weighted by Crippen LogP contribution is 2.31. The van der Waals surface area contributed by atoms with E-state index in [0.29, 0.717) is 5.56 Å². The zero-order valence-corrected chi connectivity index (χ0v) is 18.6. The summed E-state index contributed by atoms with van der Waals surface area (Å²) in [6, 6.07) is 27.1. The Bertz CT molecular complexity index is 1350. The summed E-state index contributed by atoms with van der Waals surface area (Å²) in [4.78, 5) is 20.8. The molecule has 1 aromatic heterocycles. The fourth-order valence-corrected chi connectivity index (χ4v) is 5.34. The van der Waals surface area contributed by atoms with Gasteiger partial charge in [0, 0.05) is 18.5 Å². The van der Waals surface area contributed by atoms with Crippen LogP contribution in [-0.2, 0) is 19.4 Å². The molecular formula is C29H27N3O. The van der Waals surface area contributed by atoms with Gasteiger partial charge in [-0.2, -0.15) is 0 Å². The molecule has 4 nitrogen and oxygen atoms in total. The predicted octanol–water partition coefficient (Wildman–Crippen LogP) is 5.60. The Kier molecular flexibility index (Phi) is 5.06. The summed E-state index contributed by atoms with van der Waals surface area (Å²) in [5.41, 5.74) is 6.91. The molecule has 6 rings (SSSR count). The number of nitrogens with one attached hydrogen (secondary N) is 1.